The van der Waals surface area contributed by atoms with Crippen LogP contribution in [0.15, 0.2) is 71.3 Å². The normalized spacial score (nSPS) is 13.9. The molecule has 0 saturated carbocycles. The van der Waals surface area contributed by atoms with Crippen LogP contribution in [0.5, 0.6) is 0 Å². The van der Waals surface area contributed by atoms with Gasteiger partial charge >= 0.3 is 0 Å². The average molecular weight is 426 g/mol. The number of amides is 1. The van der Waals surface area contributed by atoms with Crippen LogP contribution < -0.4 is 4.90 Å². The Morgan fingerprint density at radius 2 is 1.78 bits per heavy atom. The standard InChI is InChI=1S/C25H19FN4O2/c26-21-7-4-8-23(20(21)16-27)29-11-13-30(14-12-29)25(31)18-9-10-22-19(15-18)24(32-28-22)17-5-2-1-3-6-17/h1-10,15H,11-14H2. The number of hydrogen-bond acceptors (Lipinski definition) is 5. The van der Waals surface area contributed by atoms with Crippen molar-refractivity contribution in [2.75, 3.05) is 31.1 Å². The fourth-order valence-electron chi connectivity index (χ4n) is 4.09. The molecule has 0 spiro atoms. The highest BCUT2D eigenvalue weighted by Gasteiger charge is 2.25. The predicted octanol–water partition coefficient (Wildman–Crippen LogP) is 4.47. The van der Waals surface area contributed by atoms with E-state index in [1.165, 1.54) is 6.07 Å². The molecular formula is C25H19FN4O2. The number of nitriles is 1. The third-order valence-corrected chi connectivity index (χ3v) is 5.77. The minimum absolute atomic E-state index is 0.0404. The maximum Gasteiger partial charge on any atom is 0.254 e. The summed E-state index contributed by atoms with van der Waals surface area (Å²) >= 11 is 0. The van der Waals surface area contributed by atoms with Gasteiger partial charge in [0.25, 0.3) is 5.91 Å². The summed E-state index contributed by atoms with van der Waals surface area (Å²) in [5, 5.41) is 14.2. The number of anilines is 1. The largest absolute Gasteiger partial charge is 0.367 e. The van der Waals surface area contributed by atoms with Crippen molar-refractivity contribution in [1.82, 2.24) is 10.1 Å². The van der Waals surface area contributed by atoms with Crippen molar-refractivity contribution in [3.05, 3.63) is 83.7 Å². The highest BCUT2D eigenvalue weighted by Crippen LogP contribution is 2.30. The number of carbonyl (C=O) groups excluding carboxylic acids is 1. The van der Waals surface area contributed by atoms with Gasteiger partial charge < -0.3 is 14.3 Å². The van der Waals surface area contributed by atoms with E-state index in [1.807, 2.05) is 47.4 Å². The van der Waals surface area contributed by atoms with Crippen LogP contribution in [0, 0.1) is 17.1 Å². The van der Waals surface area contributed by atoms with Gasteiger partial charge in [0.2, 0.25) is 0 Å². The van der Waals surface area contributed by atoms with Crippen LogP contribution in [0.4, 0.5) is 10.1 Å². The molecule has 2 heterocycles. The Balaban J connectivity index is 1.36. The Bertz CT molecular complexity index is 1340. The van der Waals surface area contributed by atoms with Crippen molar-refractivity contribution in [3.8, 4) is 17.4 Å². The van der Waals surface area contributed by atoms with E-state index in [1.54, 1.807) is 29.2 Å². The number of carbonyl (C=O) groups is 1. The molecule has 1 fully saturated rings. The molecule has 0 bridgehead atoms. The lowest BCUT2D eigenvalue weighted by Crippen LogP contribution is -2.49. The summed E-state index contributed by atoms with van der Waals surface area (Å²) in [7, 11) is 0. The fourth-order valence-corrected chi connectivity index (χ4v) is 4.09. The molecular weight excluding hydrogens is 407 g/mol. The van der Waals surface area contributed by atoms with Crippen molar-refractivity contribution in [1.29, 1.82) is 5.26 Å². The number of piperazine rings is 1. The Labute approximate surface area is 184 Å². The third kappa shape index (κ3) is 3.46. The number of rotatable bonds is 3. The second kappa shape index (κ2) is 8.16. The van der Waals surface area contributed by atoms with E-state index < -0.39 is 5.82 Å². The topological polar surface area (TPSA) is 73.4 Å². The zero-order chi connectivity index (χ0) is 22.1. The lowest BCUT2D eigenvalue weighted by Gasteiger charge is -2.36. The van der Waals surface area contributed by atoms with Gasteiger partial charge in [0.15, 0.2) is 5.76 Å². The van der Waals surface area contributed by atoms with Gasteiger partial charge in [-0.05, 0) is 30.3 Å². The maximum atomic E-state index is 14.0. The fraction of sp³-hybridized carbons (Fsp3) is 0.160. The number of nitrogens with zero attached hydrogens (tertiary/aromatic N) is 4. The molecule has 32 heavy (non-hydrogen) atoms. The van der Waals surface area contributed by atoms with E-state index >= 15 is 0 Å². The smallest absolute Gasteiger partial charge is 0.254 e. The molecule has 1 saturated heterocycles. The molecule has 0 N–H and O–H groups in total. The number of benzene rings is 3. The van der Waals surface area contributed by atoms with Crippen molar-refractivity contribution in [3.63, 3.8) is 0 Å². The molecule has 0 unspecified atom stereocenters. The number of halogens is 1. The number of hydrogen-bond donors (Lipinski definition) is 0. The summed E-state index contributed by atoms with van der Waals surface area (Å²) in [4.78, 5) is 16.9. The van der Waals surface area contributed by atoms with Crippen molar-refractivity contribution < 1.29 is 13.7 Å². The van der Waals surface area contributed by atoms with Gasteiger partial charge in [0.05, 0.1) is 11.1 Å². The minimum atomic E-state index is -0.528. The van der Waals surface area contributed by atoms with Gasteiger partial charge in [-0.3, -0.25) is 4.79 Å². The second-order valence-corrected chi connectivity index (χ2v) is 7.63. The molecule has 1 aromatic heterocycles. The number of aromatic nitrogens is 1. The van der Waals surface area contributed by atoms with Crippen LogP contribution in [-0.2, 0) is 0 Å². The van der Waals surface area contributed by atoms with Gasteiger partial charge in [-0.25, -0.2) is 4.39 Å². The van der Waals surface area contributed by atoms with E-state index in [0.29, 0.717) is 48.7 Å². The zero-order valence-corrected chi connectivity index (χ0v) is 17.2. The first-order chi connectivity index (χ1) is 15.7. The first-order valence-corrected chi connectivity index (χ1v) is 10.3. The van der Waals surface area contributed by atoms with Crippen molar-refractivity contribution in [2.45, 2.75) is 0 Å². The molecule has 0 radical (unpaired) electrons. The van der Waals surface area contributed by atoms with Crippen LogP contribution in [0.25, 0.3) is 22.2 Å². The highest BCUT2D eigenvalue weighted by atomic mass is 19.1. The zero-order valence-electron chi connectivity index (χ0n) is 17.2. The van der Waals surface area contributed by atoms with Gasteiger partial charge in [0, 0.05) is 37.3 Å². The summed E-state index contributed by atoms with van der Waals surface area (Å²) in [5.74, 6) is 0.0291. The van der Waals surface area contributed by atoms with Crippen molar-refractivity contribution >= 4 is 22.5 Å². The molecule has 7 heteroatoms. The molecule has 5 rings (SSSR count). The highest BCUT2D eigenvalue weighted by molar-refractivity contribution is 6.01. The number of fused-ring (bicyclic) bond motifs is 1. The van der Waals surface area contributed by atoms with Gasteiger partial charge in [-0.1, -0.05) is 41.6 Å². The van der Waals surface area contributed by atoms with Crippen LogP contribution >= 0.6 is 0 Å². The van der Waals surface area contributed by atoms with E-state index in [2.05, 4.69) is 5.16 Å². The summed E-state index contributed by atoms with van der Waals surface area (Å²) in [6.45, 7) is 2.00. The molecule has 3 aromatic carbocycles. The Morgan fingerprint density at radius 3 is 2.53 bits per heavy atom. The van der Waals surface area contributed by atoms with Gasteiger partial charge in [-0.15, -0.1) is 0 Å². The molecule has 158 valence electrons. The summed E-state index contributed by atoms with van der Waals surface area (Å²) in [6, 6.07) is 21.6. The lowest BCUT2D eigenvalue weighted by atomic mass is 10.1. The Morgan fingerprint density at radius 1 is 1.00 bits per heavy atom. The van der Waals surface area contributed by atoms with Crippen LogP contribution in [0.3, 0.4) is 0 Å². The molecule has 4 aromatic rings. The Kier molecular flexibility index (Phi) is 5.04. The molecule has 6 nitrogen and oxygen atoms in total. The SMILES string of the molecule is N#Cc1c(F)cccc1N1CCN(C(=O)c2ccc3noc(-c4ccccc4)c3c2)CC1. The van der Waals surface area contributed by atoms with E-state index in [4.69, 9.17) is 4.52 Å². The monoisotopic (exact) mass is 426 g/mol. The summed E-state index contributed by atoms with van der Waals surface area (Å²) < 4.78 is 19.5. The Hall–Kier alpha value is -4.18. The molecule has 1 amide bonds. The second-order valence-electron chi connectivity index (χ2n) is 7.63. The van der Waals surface area contributed by atoms with E-state index in [-0.39, 0.29) is 11.5 Å². The minimum Gasteiger partial charge on any atom is -0.367 e. The van der Waals surface area contributed by atoms with E-state index in [0.717, 1.165) is 10.9 Å². The molecule has 0 aliphatic carbocycles. The van der Waals surface area contributed by atoms with Gasteiger partial charge in [0.1, 0.15) is 23.0 Å². The quantitative estimate of drug-likeness (QED) is 0.483. The molecule has 0 atom stereocenters. The first kappa shape index (κ1) is 19.8. The molecule has 1 aliphatic rings. The summed E-state index contributed by atoms with van der Waals surface area (Å²) in [6.07, 6.45) is 0. The first-order valence-electron chi connectivity index (χ1n) is 10.3. The predicted molar refractivity (Wildman–Crippen MR) is 119 cm³/mol. The van der Waals surface area contributed by atoms with Gasteiger partial charge in [-0.2, -0.15) is 5.26 Å². The maximum absolute atomic E-state index is 14.0. The van der Waals surface area contributed by atoms with Crippen LogP contribution in [-0.4, -0.2) is 42.1 Å². The van der Waals surface area contributed by atoms with E-state index in [9.17, 15) is 14.4 Å². The van der Waals surface area contributed by atoms with Crippen LogP contribution in [0.1, 0.15) is 15.9 Å². The molecule has 1 aliphatic heterocycles. The third-order valence-electron chi connectivity index (χ3n) is 5.77. The lowest BCUT2D eigenvalue weighted by molar-refractivity contribution is 0.0747. The average Bonchev–Trinajstić information content (AvgIpc) is 3.27. The summed E-state index contributed by atoms with van der Waals surface area (Å²) in [5.41, 5.74) is 2.77. The van der Waals surface area contributed by atoms with Crippen molar-refractivity contribution in [2.24, 2.45) is 0 Å². The van der Waals surface area contributed by atoms with Crippen LogP contribution in [0.2, 0.25) is 0 Å².